The zero-order chi connectivity index (χ0) is 12.4. The number of hydrogen-bond donors (Lipinski definition) is 1. The molecule has 0 bridgehead atoms. The van der Waals surface area contributed by atoms with Crippen LogP contribution in [-0.4, -0.2) is 7.11 Å². The van der Waals surface area contributed by atoms with Crippen LogP contribution in [0.2, 0.25) is 5.02 Å². The lowest BCUT2D eigenvalue weighted by atomic mass is 9.98. The monoisotopic (exact) mass is 247 g/mol. The van der Waals surface area contributed by atoms with E-state index in [2.05, 4.69) is 0 Å². The fourth-order valence-electron chi connectivity index (χ4n) is 1.84. The maximum absolute atomic E-state index is 6.03. The van der Waals surface area contributed by atoms with Crippen molar-refractivity contribution in [2.24, 2.45) is 0 Å². The fourth-order valence-corrected chi connectivity index (χ4v) is 2.01. The van der Waals surface area contributed by atoms with Gasteiger partial charge in [-0.25, -0.2) is 0 Å². The molecular formula is C14H14ClNO. The van der Waals surface area contributed by atoms with Crippen LogP contribution in [-0.2, 0) is 0 Å². The van der Waals surface area contributed by atoms with Crippen LogP contribution in [0, 0.1) is 6.92 Å². The van der Waals surface area contributed by atoms with Crippen molar-refractivity contribution in [3.63, 3.8) is 0 Å². The summed E-state index contributed by atoms with van der Waals surface area (Å²) in [7, 11) is 1.65. The van der Waals surface area contributed by atoms with E-state index in [0.717, 1.165) is 28.1 Å². The number of rotatable bonds is 2. The van der Waals surface area contributed by atoms with Crippen LogP contribution in [0.15, 0.2) is 36.4 Å². The molecule has 0 atom stereocenters. The standard InChI is InChI=1S/C14H14ClNO/c1-9-11(4-3-5-13(9)16)12-8-10(15)6-7-14(12)17-2/h3-8H,16H2,1-2H3. The highest BCUT2D eigenvalue weighted by Gasteiger charge is 2.10. The van der Waals surface area contributed by atoms with Gasteiger partial charge in [-0.05, 0) is 42.3 Å². The smallest absolute Gasteiger partial charge is 0.126 e. The van der Waals surface area contributed by atoms with E-state index in [4.69, 9.17) is 22.1 Å². The van der Waals surface area contributed by atoms with Crippen LogP contribution in [0.5, 0.6) is 5.75 Å². The maximum Gasteiger partial charge on any atom is 0.126 e. The van der Waals surface area contributed by atoms with Crippen LogP contribution in [0.1, 0.15) is 5.56 Å². The first-order chi connectivity index (χ1) is 8.13. The normalized spacial score (nSPS) is 10.3. The lowest BCUT2D eigenvalue weighted by molar-refractivity contribution is 0.416. The molecule has 0 unspecified atom stereocenters. The van der Waals surface area contributed by atoms with Gasteiger partial charge in [0.2, 0.25) is 0 Å². The summed E-state index contributed by atoms with van der Waals surface area (Å²) in [6.45, 7) is 1.99. The van der Waals surface area contributed by atoms with Crippen molar-refractivity contribution in [2.45, 2.75) is 6.92 Å². The van der Waals surface area contributed by atoms with Gasteiger partial charge in [0, 0.05) is 16.3 Å². The molecule has 17 heavy (non-hydrogen) atoms. The topological polar surface area (TPSA) is 35.2 Å². The van der Waals surface area contributed by atoms with Gasteiger partial charge in [0.25, 0.3) is 0 Å². The first-order valence-corrected chi connectivity index (χ1v) is 5.70. The third kappa shape index (κ3) is 2.22. The van der Waals surface area contributed by atoms with Gasteiger partial charge in [0.1, 0.15) is 5.75 Å². The average molecular weight is 248 g/mol. The summed E-state index contributed by atoms with van der Waals surface area (Å²) in [6, 6.07) is 11.4. The highest BCUT2D eigenvalue weighted by atomic mass is 35.5. The molecule has 0 fully saturated rings. The summed E-state index contributed by atoms with van der Waals surface area (Å²) in [6.07, 6.45) is 0. The molecule has 2 nitrogen and oxygen atoms in total. The van der Waals surface area contributed by atoms with Gasteiger partial charge in [0.05, 0.1) is 7.11 Å². The zero-order valence-electron chi connectivity index (χ0n) is 9.83. The summed E-state index contributed by atoms with van der Waals surface area (Å²) in [5, 5.41) is 0.683. The maximum atomic E-state index is 6.03. The molecular weight excluding hydrogens is 234 g/mol. The molecule has 0 saturated heterocycles. The summed E-state index contributed by atoms with van der Waals surface area (Å²) in [5.41, 5.74) is 9.73. The Balaban J connectivity index is 2.67. The van der Waals surface area contributed by atoms with Gasteiger partial charge in [-0.3, -0.25) is 0 Å². The average Bonchev–Trinajstić information content (AvgIpc) is 2.33. The largest absolute Gasteiger partial charge is 0.496 e. The van der Waals surface area contributed by atoms with E-state index in [-0.39, 0.29) is 0 Å². The molecule has 0 aliphatic rings. The molecule has 0 radical (unpaired) electrons. The summed E-state index contributed by atoms with van der Waals surface area (Å²) in [5.74, 6) is 0.795. The zero-order valence-corrected chi connectivity index (χ0v) is 10.6. The lowest BCUT2D eigenvalue weighted by Gasteiger charge is -2.12. The number of methoxy groups -OCH3 is 1. The van der Waals surface area contributed by atoms with Gasteiger partial charge in [-0.15, -0.1) is 0 Å². The number of halogens is 1. The third-order valence-electron chi connectivity index (χ3n) is 2.83. The SMILES string of the molecule is COc1ccc(Cl)cc1-c1cccc(N)c1C. The minimum atomic E-state index is 0.683. The van der Waals surface area contributed by atoms with E-state index in [1.807, 2.05) is 43.3 Å². The summed E-state index contributed by atoms with van der Waals surface area (Å²) >= 11 is 6.03. The van der Waals surface area contributed by atoms with Crippen molar-refractivity contribution < 1.29 is 4.74 Å². The fraction of sp³-hybridized carbons (Fsp3) is 0.143. The van der Waals surface area contributed by atoms with Gasteiger partial charge >= 0.3 is 0 Å². The Hall–Kier alpha value is -1.67. The number of nitrogen functional groups attached to an aromatic ring is 1. The molecule has 2 rings (SSSR count). The second-order valence-electron chi connectivity index (χ2n) is 3.86. The van der Waals surface area contributed by atoms with E-state index in [9.17, 15) is 0 Å². The van der Waals surface area contributed by atoms with Crippen molar-refractivity contribution in [1.29, 1.82) is 0 Å². The summed E-state index contributed by atoms with van der Waals surface area (Å²) < 4.78 is 5.35. The molecule has 0 aromatic heterocycles. The number of hydrogen-bond acceptors (Lipinski definition) is 2. The Bertz CT molecular complexity index is 552. The Morgan fingerprint density at radius 2 is 1.88 bits per heavy atom. The predicted molar refractivity (Wildman–Crippen MR) is 72.6 cm³/mol. The molecule has 2 aromatic carbocycles. The molecule has 2 aromatic rings. The molecule has 3 heteroatoms. The van der Waals surface area contributed by atoms with Crippen molar-refractivity contribution in [1.82, 2.24) is 0 Å². The quantitative estimate of drug-likeness (QED) is 0.817. The Labute approximate surface area is 106 Å². The molecule has 2 N–H and O–H groups in total. The van der Waals surface area contributed by atoms with Crippen molar-refractivity contribution >= 4 is 17.3 Å². The van der Waals surface area contributed by atoms with Crippen molar-refractivity contribution in [2.75, 3.05) is 12.8 Å². The van der Waals surface area contributed by atoms with E-state index in [0.29, 0.717) is 5.02 Å². The first-order valence-electron chi connectivity index (χ1n) is 5.32. The molecule has 0 aliphatic heterocycles. The van der Waals surface area contributed by atoms with Crippen molar-refractivity contribution in [3.05, 3.63) is 47.0 Å². The van der Waals surface area contributed by atoms with E-state index < -0.39 is 0 Å². The third-order valence-corrected chi connectivity index (χ3v) is 3.06. The number of ether oxygens (including phenoxy) is 1. The number of benzene rings is 2. The second kappa shape index (κ2) is 4.68. The predicted octanol–water partition coefficient (Wildman–Crippen LogP) is 3.91. The van der Waals surface area contributed by atoms with E-state index in [1.165, 1.54) is 0 Å². The van der Waals surface area contributed by atoms with Crippen molar-refractivity contribution in [3.8, 4) is 16.9 Å². The minimum absolute atomic E-state index is 0.683. The lowest BCUT2D eigenvalue weighted by Crippen LogP contribution is -1.94. The molecule has 0 aliphatic carbocycles. The van der Waals surface area contributed by atoms with Gasteiger partial charge in [0.15, 0.2) is 0 Å². The van der Waals surface area contributed by atoms with E-state index >= 15 is 0 Å². The Kier molecular flexibility index (Phi) is 3.25. The molecule has 0 amide bonds. The van der Waals surface area contributed by atoms with Crippen LogP contribution in [0.4, 0.5) is 5.69 Å². The van der Waals surface area contributed by atoms with Crippen LogP contribution < -0.4 is 10.5 Å². The molecule has 0 heterocycles. The molecule has 88 valence electrons. The summed E-state index contributed by atoms with van der Waals surface area (Å²) in [4.78, 5) is 0. The Morgan fingerprint density at radius 1 is 1.12 bits per heavy atom. The highest BCUT2D eigenvalue weighted by Crippen LogP contribution is 2.35. The van der Waals surface area contributed by atoms with Crippen LogP contribution >= 0.6 is 11.6 Å². The minimum Gasteiger partial charge on any atom is -0.496 e. The van der Waals surface area contributed by atoms with Gasteiger partial charge in [-0.1, -0.05) is 23.7 Å². The van der Waals surface area contributed by atoms with Gasteiger partial charge < -0.3 is 10.5 Å². The van der Waals surface area contributed by atoms with Crippen LogP contribution in [0.3, 0.4) is 0 Å². The number of anilines is 1. The van der Waals surface area contributed by atoms with E-state index in [1.54, 1.807) is 7.11 Å². The number of nitrogens with two attached hydrogens (primary N) is 1. The van der Waals surface area contributed by atoms with Gasteiger partial charge in [-0.2, -0.15) is 0 Å². The Morgan fingerprint density at radius 3 is 2.59 bits per heavy atom. The molecule has 0 spiro atoms. The van der Waals surface area contributed by atoms with Crippen LogP contribution in [0.25, 0.3) is 11.1 Å². The first kappa shape index (κ1) is 11.8. The second-order valence-corrected chi connectivity index (χ2v) is 4.30. The highest BCUT2D eigenvalue weighted by molar-refractivity contribution is 6.31. The molecule has 0 saturated carbocycles.